The lowest BCUT2D eigenvalue weighted by molar-refractivity contribution is 0.288. The molecule has 1 aromatic rings. The monoisotopic (exact) mass is 179 g/mol. The Hall–Kier alpha value is -0.860. The Kier molecular flexibility index (Phi) is 3.93. The summed E-state index contributed by atoms with van der Waals surface area (Å²) in [6, 6.07) is 6.21. The van der Waals surface area contributed by atoms with Gasteiger partial charge in [0.25, 0.3) is 0 Å². The number of aliphatic hydroxyl groups excluding tert-OH is 1. The fourth-order valence-corrected chi connectivity index (χ4v) is 1.56. The molecular formula is C11H17NO. The molecule has 0 radical (unpaired) electrons. The first-order valence-corrected chi connectivity index (χ1v) is 4.68. The maximum atomic E-state index is 8.73. The minimum Gasteiger partial charge on any atom is -0.396 e. The van der Waals surface area contributed by atoms with Gasteiger partial charge in [0.15, 0.2) is 0 Å². The van der Waals surface area contributed by atoms with E-state index in [0.717, 1.165) is 12.8 Å². The first-order valence-electron chi connectivity index (χ1n) is 4.68. The summed E-state index contributed by atoms with van der Waals surface area (Å²) in [7, 11) is 0. The molecule has 0 spiro atoms. The number of hydrogen-bond acceptors (Lipinski definition) is 2. The predicted molar refractivity (Wildman–Crippen MR) is 54.5 cm³/mol. The highest BCUT2D eigenvalue weighted by atomic mass is 16.2. The molecular weight excluding hydrogens is 162 g/mol. The van der Waals surface area contributed by atoms with Gasteiger partial charge in [-0.2, -0.15) is 0 Å². The Balaban J connectivity index is 2.85. The molecule has 13 heavy (non-hydrogen) atoms. The van der Waals surface area contributed by atoms with E-state index in [4.69, 9.17) is 10.8 Å². The van der Waals surface area contributed by atoms with Crippen LogP contribution in [0, 0.1) is 6.92 Å². The average Bonchev–Trinajstić information content (AvgIpc) is 2.15. The molecule has 0 atom stereocenters. The van der Waals surface area contributed by atoms with Gasteiger partial charge in [0, 0.05) is 13.2 Å². The minimum absolute atomic E-state index is 0.248. The summed E-state index contributed by atoms with van der Waals surface area (Å²) in [6.45, 7) is 2.91. The van der Waals surface area contributed by atoms with Crippen molar-refractivity contribution in [1.82, 2.24) is 0 Å². The number of nitrogens with two attached hydrogens (primary N) is 1. The highest BCUT2D eigenvalue weighted by molar-refractivity contribution is 5.34. The quantitative estimate of drug-likeness (QED) is 0.733. The molecule has 0 unspecified atom stereocenters. The van der Waals surface area contributed by atoms with Gasteiger partial charge in [-0.3, -0.25) is 0 Å². The van der Waals surface area contributed by atoms with Crippen molar-refractivity contribution in [3.63, 3.8) is 0 Å². The smallest absolute Gasteiger partial charge is 0.0434 e. The van der Waals surface area contributed by atoms with E-state index in [1.54, 1.807) is 0 Å². The van der Waals surface area contributed by atoms with E-state index in [0.29, 0.717) is 6.54 Å². The SMILES string of the molecule is Cc1cccc(CCCO)c1CN. The summed E-state index contributed by atoms with van der Waals surface area (Å²) in [4.78, 5) is 0. The Morgan fingerprint density at radius 1 is 1.38 bits per heavy atom. The zero-order valence-electron chi connectivity index (χ0n) is 8.09. The van der Waals surface area contributed by atoms with Gasteiger partial charge in [0.2, 0.25) is 0 Å². The van der Waals surface area contributed by atoms with Gasteiger partial charge in [-0.25, -0.2) is 0 Å². The second-order valence-electron chi connectivity index (χ2n) is 3.24. The van der Waals surface area contributed by atoms with Crippen LogP contribution < -0.4 is 5.73 Å². The van der Waals surface area contributed by atoms with Gasteiger partial charge >= 0.3 is 0 Å². The van der Waals surface area contributed by atoms with Crippen molar-refractivity contribution >= 4 is 0 Å². The molecule has 0 aliphatic carbocycles. The minimum atomic E-state index is 0.248. The number of aliphatic hydroxyl groups is 1. The number of benzene rings is 1. The van der Waals surface area contributed by atoms with Crippen molar-refractivity contribution in [3.8, 4) is 0 Å². The Bertz CT molecular complexity index is 271. The molecule has 2 nitrogen and oxygen atoms in total. The third-order valence-corrected chi connectivity index (χ3v) is 2.32. The molecule has 1 aromatic carbocycles. The van der Waals surface area contributed by atoms with Crippen molar-refractivity contribution in [2.24, 2.45) is 5.73 Å². The van der Waals surface area contributed by atoms with Gasteiger partial charge in [-0.05, 0) is 36.5 Å². The lowest BCUT2D eigenvalue weighted by Gasteiger charge is -2.09. The third-order valence-electron chi connectivity index (χ3n) is 2.32. The summed E-state index contributed by atoms with van der Waals surface area (Å²) in [5, 5.41) is 8.73. The second kappa shape index (κ2) is 5.00. The topological polar surface area (TPSA) is 46.2 Å². The van der Waals surface area contributed by atoms with E-state index in [-0.39, 0.29) is 6.61 Å². The van der Waals surface area contributed by atoms with E-state index < -0.39 is 0 Å². The van der Waals surface area contributed by atoms with Gasteiger partial charge in [-0.15, -0.1) is 0 Å². The molecule has 72 valence electrons. The summed E-state index contributed by atoms with van der Waals surface area (Å²) >= 11 is 0. The van der Waals surface area contributed by atoms with Gasteiger partial charge in [-0.1, -0.05) is 18.2 Å². The summed E-state index contributed by atoms with van der Waals surface area (Å²) in [5.41, 5.74) is 9.42. The average molecular weight is 179 g/mol. The number of aryl methyl sites for hydroxylation is 2. The van der Waals surface area contributed by atoms with Crippen molar-refractivity contribution in [1.29, 1.82) is 0 Å². The molecule has 0 aliphatic heterocycles. The van der Waals surface area contributed by atoms with E-state index in [1.807, 2.05) is 6.07 Å². The van der Waals surface area contributed by atoms with Crippen LogP contribution in [0.15, 0.2) is 18.2 Å². The van der Waals surface area contributed by atoms with Crippen LogP contribution in [0.1, 0.15) is 23.1 Å². The summed E-state index contributed by atoms with van der Waals surface area (Å²) < 4.78 is 0. The second-order valence-corrected chi connectivity index (χ2v) is 3.24. The number of hydrogen-bond donors (Lipinski definition) is 2. The van der Waals surface area contributed by atoms with Gasteiger partial charge in [0.1, 0.15) is 0 Å². The van der Waals surface area contributed by atoms with E-state index in [1.165, 1.54) is 16.7 Å². The molecule has 0 saturated heterocycles. The van der Waals surface area contributed by atoms with E-state index in [2.05, 4.69) is 19.1 Å². The van der Waals surface area contributed by atoms with Crippen LogP contribution in [-0.4, -0.2) is 11.7 Å². The maximum absolute atomic E-state index is 8.73. The molecule has 0 aromatic heterocycles. The van der Waals surface area contributed by atoms with Crippen LogP contribution >= 0.6 is 0 Å². The van der Waals surface area contributed by atoms with Crippen molar-refractivity contribution in [3.05, 3.63) is 34.9 Å². The van der Waals surface area contributed by atoms with Crippen LogP contribution in [0.3, 0.4) is 0 Å². The van der Waals surface area contributed by atoms with Crippen molar-refractivity contribution < 1.29 is 5.11 Å². The van der Waals surface area contributed by atoms with Gasteiger partial charge < -0.3 is 10.8 Å². The summed E-state index contributed by atoms with van der Waals surface area (Å²) in [6.07, 6.45) is 1.74. The molecule has 0 saturated carbocycles. The molecule has 2 heteroatoms. The third kappa shape index (κ3) is 2.54. The Morgan fingerprint density at radius 2 is 2.15 bits per heavy atom. The fourth-order valence-electron chi connectivity index (χ4n) is 1.56. The molecule has 0 heterocycles. The van der Waals surface area contributed by atoms with E-state index >= 15 is 0 Å². The van der Waals surface area contributed by atoms with Crippen molar-refractivity contribution in [2.45, 2.75) is 26.3 Å². The van der Waals surface area contributed by atoms with Crippen LogP contribution in [0.2, 0.25) is 0 Å². The molecule has 1 rings (SSSR count). The Morgan fingerprint density at radius 3 is 2.77 bits per heavy atom. The lowest BCUT2D eigenvalue weighted by atomic mass is 9.99. The van der Waals surface area contributed by atoms with Crippen LogP contribution in [0.5, 0.6) is 0 Å². The molecule has 0 amide bonds. The molecule has 0 fully saturated rings. The van der Waals surface area contributed by atoms with Crippen LogP contribution in [0.4, 0.5) is 0 Å². The zero-order chi connectivity index (χ0) is 9.68. The van der Waals surface area contributed by atoms with Crippen LogP contribution in [0.25, 0.3) is 0 Å². The largest absolute Gasteiger partial charge is 0.396 e. The van der Waals surface area contributed by atoms with E-state index in [9.17, 15) is 0 Å². The van der Waals surface area contributed by atoms with Gasteiger partial charge in [0.05, 0.1) is 0 Å². The lowest BCUT2D eigenvalue weighted by Crippen LogP contribution is -2.04. The first kappa shape index (κ1) is 10.2. The zero-order valence-corrected chi connectivity index (χ0v) is 8.09. The molecule has 0 aliphatic rings. The highest BCUT2D eigenvalue weighted by Gasteiger charge is 2.02. The number of rotatable bonds is 4. The first-order chi connectivity index (χ1) is 6.29. The fraction of sp³-hybridized carbons (Fsp3) is 0.455. The normalized spacial score (nSPS) is 10.4. The Labute approximate surface area is 79.4 Å². The summed E-state index contributed by atoms with van der Waals surface area (Å²) in [5.74, 6) is 0. The molecule has 3 N–H and O–H groups in total. The highest BCUT2D eigenvalue weighted by Crippen LogP contribution is 2.14. The van der Waals surface area contributed by atoms with Crippen molar-refractivity contribution in [2.75, 3.05) is 6.61 Å². The van der Waals surface area contributed by atoms with Crippen LogP contribution in [-0.2, 0) is 13.0 Å². The standard InChI is InChI=1S/C11H17NO/c1-9-4-2-5-10(6-3-7-13)11(9)8-12/h2,4-5,13H,3,6-8,12H2,1H3. The predicted octanol–water partition coefficient (Wildman–Crippen LogP) is 1.38. The molecule has 0 bridgehead atoms. The maximum Gasteiger partial charge on any atom is 0.0434 e.